The van der Waals surface area contributed by atoms with Crippen molar-refractivity contribution in [3.05, 3.63) is 0 Å². The molecule has 0 bridgehead atoms. The lowest BCUT2D eigenvalue weighted by Gasteiger charge is -2.27. The van der Waals surface area contributed by atoms with Crippen LogP contribution in [0.25, 0.3) is 0 Å². The fourth-order valence-corrected chi connectivity index (χ4v) is 1.45. The molecule has 1 heterocycles. The lowest BCUT2D eigenvalue weighted by molar-refractivity contribution is -0.131. The van der Waals surface area contributed by atoms with Crippen LogP contribution in [0.15, 0.2) is 0 Å². The van der Waals surface area contributed by atoms with Gasteiger partial charge in [-0.1, -0.05) is 13.8 Å². The fourth-order valence-electron chi connectivity index (χ4n) is 1.45. The minimum Gasteiger partial charge on any atom is -0.390 e. The van der Waals surface area contributed by atoms with E-state index in [1.54, 1.807) is 0 Å². The van der Waals surface area contributed by atoms with Crippen molar-refractivity contribution in [1.82, 2.24) is 0 Å². The Morgan fingerprint density at radius 3 is 2.85 bits per heavy atom. The molecule has 0 radical (unpaired) electrons. The predicted molar refractivity (Wildman–Crippen MR) is 49.4 cm³/mol. The van der Waals surface area contributed by atoms with E-state index < -0.39 is 6.10 Å². The first-order valence-corrected chi connectivity index (χ1v) is 4.93. The molecule has 1 N–H and O–H groups in total. The van der Waals surface area contributed by atoms with Crippen molar-refractivity contribution in [2.24, 2.45) is 5.92 Å². The zero-order valence-corrected chi connectivity index (χ0v) is 8.32. The molecule has 0 aromatic carbocycles. The number of aliphatic hydroxyl groups excluding tert-OH is 1. The highest BCUT2D eigenvalue weighted by atomic mass is 16.5. The van der Waals surface area contributed by atoms with Gasteiger partial charge in [-0.05, 0) is 12.8 Å². The first-order valence-electron chi connectivity index (χ1n) is 4.93. The maximum atomic E-state index is 11.4. The van der Waals surface area contributed by atoms with Gasteiger partial charge >= 0.3 is 0 Å². The van der Waals surface area contributed by atoms with E-state index >= 15 is 0 Å². The van der Waals surface area contributed by atoms with Gasteiger partial charge in [0.25, 0.3) is 0 Å². The van der Waals surface area contributed by atoms with Crippen LogP contribution in [0.1, 0.15) is 33.1 Å². The Kier molecular flexibility index (Phi) is 3.88. The minimum atomic E-state index is -0.448. The molecule has 2 unspecified atom stereocenters. The highest BCUT2D eigenvalue weighted by molar-refractivity contribution is 5.80. The molecule has 1 saturated heterocycles. The minimum absolute atomic E-state index is 0.0396. The van der Waals surface area contributed by atoms with Crippen LogP contribution in [-0.2, 0) is 9.53 Å². The Hall–Kier alpha value is -0.410. The van der Waals surface area contributed by atoms with Crippen molar-refractivity contribution < 1.29 is 14.6 Å². The van der Waals surface area contributed by atoms with Crippen LogP contribution in [0.3, 0.4) is 0 Å². The average Bonchev–Trinajstić information content (AvgIpc) is 2.08. The van der Waals surface area contributed by atoms with E-state index in [2.05, 4.69) is 0 Å². The Morgan fingerprint density at radius 2 is 2.31 bits per heavy atom. The Balaban J connectivity index is 2.38. The summed E-state index contributed by atoms with van der Waals surface area (Å²) in [6.07, 6.45) is 1.31. The maximum Gasteiger partial charge on any atom is 0.138 e. The van der Waals surface area contributed by atoms with E-state index in [1.807, 2.05) is 13.8 Å². The van der Waals surface area contributed by atoms with Crippen LogP contribution in [-0.4, -0.2) is 29.7 Å². The third-order valence-corrected chi connectivity index (χ3v) is 2.45. The Morgan fingerprint density at radius 1 is 1.62 bits per heavy atom. The summed E-state index contributed by atoms with van der Waals surface area (Å²) in [6, 6.07) is 0. The molecule has 0 aromatic heterocycles. The number of carbonyl (C=O) groups is 1. The second-order valence-corrected chi connectivity index (χ2v) is 3.94. The molecule has 0 amide bonds. The normalized spacial score (nSPS) is 29.2. The number of hydrogen-bond donors (Lipinski definition) is 1. The van der Waals surface area contributed by atoms with Gasteiger partial charge in [-0.15, -0.1) is 0 Å². The summed E-state index contributed by atoms with van der Waals surface area (Å²) in [7, 11) is 0. The van der Waals surface area contributed by atoms with Gasteiger partial charge < -0.3 is 9.84 Å². The quantitative estimate of drug-likeness (QED) is 0.719. The van der Waals surface area contributed by atoms with Crippen molar-refractivity contribution in [3.8, 4) is 0 Å². The molecule has 0 saturated carbocycles. The molecule has 1 aliphatic heterocycles. The van der Waals surface area contributed by atoms with Gasteiger partial charge in [0.05, 0.1) is 12.2 Å². The number of aliphatic hydroxyl groups is 1. The second kappa shape index (κ2) is 4.72. The van der Waals surface area contributed by atoms with E-state index in [1.165, 1.54) is 0 Å². The lowest BCUT2D eigenvalue weighted by atomic mass is 9.96. The summed E-state index contributed by atoms with van der Waals surface area (Å²) in [4.78, 5) is 11.4. The first-order chi connectivity index (χ1) is 6.11. The molecule has 1 fully saturated rings. The summed E-state index contributed by atoms with van der Waals surface area (Å²) in [5, 5.41) is 9.52. The average molecular weight is 186 g/mol. The lowest BCUT2D eigenvalue weighted by Crippen LogP contribution is -2.36. The standard InChI is InChI=1S/C10H18O3/c1-7(2)9(12)6-10-8(11)4-3-5-13-10/h7-8,10-11H,3-6H2,1-2H3. The van der Waals surface area contributed by atoms with Gasteiger partial charge in [0.1, 0.15) is 5.78 Å². The van der Waals surface area contributed by atoms with E-state index in [0.717, 1.165) is 12.8 Å². The maximum absolute atomic E-state index is 11.4. The van der Waals surface area contributed by atoms with Crippen LogP contribution < -0.4 is 0 Å². The van der Waals surface area contributed by atoms with Gasteiger partial charge in [0.2, 0.25) is 0 Å². The van der Waals surface area contributed by atoms with Crippen LogP contribution in [0.2, 0.25) is 0 Å². The zero-order chi connectivity index (χ0) is 9.84. The fraction of sp³-hybridized carbons (Fsp3) is 0.900. The van der Waals surface area contributed by atoms with Gasteiger partial charge in [0.15, 0.2) is 0 Å². The van der Waals surface area contributed by atoms with Crippen molar-refractivity contribution in [2.75, 3.05) is 6.61 Å². The number of ketones is 1. The highest BCUT2D eigenvalue weighted by Crippen LogP contribution is 2.18. The molecular formula is C10H18O3. The Bertz CT molecular complexity index is 177. The number of ether oxygens (including phenoxy) is 1. The smallest absolute Gasteiger partial charge is 0.138 e. The number of rotatable bonds is 3. The molecule has 76 valence electrons. The van der Waals surface area contributed by atoms with Crippen LogP contribution in [0, 0.1) is 5.92 Å². The van der Waals surface area contributed by atoms with Crippen molar-refractivity contribution in [3.63, 3.8) is 0 Å². The molecule has 3 heteroatoms. The third kappa shape index (κ3) is 3.08. The largest absolute Gasteiger partial charge is 0.390 e. The van der Waals surface area contributed by atoms with Crippen LogP contribution in [0.5, 0.6) is 0 Å². The van der Waals surface area contributed by atoms with Crippen molar-refractivity contribution in [2.45, 2.75) is 45.3 Å². The summed E-state index contributed by atoms with van der Waals surface area (Å²) in [5.74, 6) is 0.212. The number of carbonyl (C=O) groups excluding carboxylic acids is 1. The molecule has 1 aliphatic rings. The molecule has 13 heavy (non-hydrogen) atoms. The molecule has 3 nitrogen and oxygen atoms in total. The highest BCUT2D eigenvalue weighted by Gasteiger charge is 2.26. The molecule has 0 spiro atoms. The second-order valence-electron chi connectivity index (χ2n) is 3.94. The topological polar surface area (TPSA) is 46.5 Å². The summed E-state index contributed by atoms with van der Waals surface area (Å²) in [5.41, 5.74) is 0. The molecule has 0 aromatic rings. The summed E-state index contributed by atoms with van der Waals surface area (Å²) >= 11 is 0. The van der Waals surface area contributed by atoms with E-state index in [4.69, 9.17) is 4.74 Å². The van der Waals surface area contributed by atoms with Crippen molar-refractivity contribution >= 4 is 5.78 Å². The molecule has 1 rings (SSSR count). The van der Waals surface area contributed by atoms with Gasteiger partial charge in [-0.25, -0.2) is 0 Å². The van der Waals surface area contributed by atoms with Gasteiger partial charge in [-0.3, -0.25) is 4.79 Å². The van der Waals surface area contributed by atoms with E-state index in [-0.39, 0.29) is 17.8 Å². The van der Waals surface area contributed by atoms with E-state index in [9.17, 15) is 9.90 Å². The first kappa shape index (κ1) is 10.7. The monoisotopic (exact) mass is 186 g/mol. The Labute approximate surface area is 79.1 Å². The van der Waals surface area contributed by atoms with E-state index in [0.29, 0.717) is 13.0 Å². The number of hydrogen-bond acceptors (Lipinski definition) is 3. The predicted octanol–water partition coefficient (Wildman–Crippen LogP) is 1.14. The molecule has 0 aliphatic carbocycles. The summed E-state index contributed by atoms with van der Waals surface area (Å²) in [6.45, 7) is 4.42. The molecule has 2 atom stereocenters. The van der Waals surface area contributed by atoms with Crippen LogP contribution in [0.4, 0.5) is 0 Å². The van der Waals surface area contributed by atoms with Crippen LogP contribution >= 0.6 is 0 Å². The van der Waals surface area contributed by atoms with Crippen molar-refractivity contribution in [1.29, 1.82) is 0 Å². The molecular weight excluding hydrogens is 168 g/mol. The van der Waals surface area contributed by atoms with Gasteiger partial charge in [0, 0.05) is 18.9 Å². The SMILES string of the molecule is CC(C)C(=O)CC1OCCCC1O. The zero-order valence-electron chi connectivity index (χ0n) is 8.32. The van der Waals surface area contributed by atoms with Gasteiger partial charge in [-0.2, -0.15) is 0 Å². The third-order valence-electron chi connectivity index (χ3n) is 2.45. The summed E-state index contributed by atoms with van der Waals surface area (Å²) < 4.78 is 5.34. The number of Topliss-reactive ketones (excluding diaryl/α,β-unsaturated/α-hetero) is 1.